The molecule has 0 amide bonds. The molecule has 0 fully saturated rings. The molecule has 62 heavy (non-hydrogen) atoms. The van der Waals surface area contributed by atoms with Crippen molar-refractivity contribution in [3.63, 3.8) is 0 Å². The van der Waals surface area contributed by atoms with E-state index in [1.165, 1.54) is 55.6 Å². The molecule has 6 aromatic carbocycles. The van der Waals surface area contributed by atoms with Crippen molar-refractivity contribution in [3.05, 3.63) is 234 Å². The maximum atomic E-state index is 4.69. The fourth-order valence-electron chi connectivity index (χ4n) is 6.91. The zero-order valence-corrected chi connectivity index (χ0v) is 42.4. The molecule has 3 radical (unpaired) electrons. The number of hydrogen-bond donors (Lipinski definition) is 0. The fraction of sp³-hybridized carbons (Fsp3) is 0.0893. The molecular weight excluding hydrogens is 1290 g/mol. The Morgan fingerprint density at radius 2 is 0.839 bits per heavy atom. The van der Waals surface area contributed by atoms with E-state index in [1.807, 2.05) is 103 Å². The van der Waals surface area contributed by atoms with E-state index in [2.05, 4.69) is 153 Å². The topological polar surface area (TPSA) is 38.7 Å². The molecule has 0 spiro atoms. The van der Waals surface area contributed by atoms with Gasteiger partial charge in [-0.1, -0.05) is 122 Å². The van der Waals surface area contributed by atoms with Crippen molar-refractivity contribution in [1.82, 2.24) is 15.0 Å². The maximum absolute atomic E-state index is 4.69. The van der Waals surface area contributed by atoms with Crippen LogP contribution in [0.4, 0.5) is 0 Å². The second-order valence-corrected chi connectivity index (χ2v) is 14.5. The number of aryl methyl sites for hydroxylation is 5. The van der Waals surface area contributed by atoms with E-state index in [0.717, 1.165) is 39.5 Å². The minimum Gasteiger partial charge on any atom is -0.304 e. The molecule has 0 N–H and O–H groups in total. The zero-order chi connectivity index (χ0) is 41.0. The Bertz CT molecular complexity index is 2640. The number of aromatic nitrogens is 3. The predicted octanol–water partition coefficient (Wildman–Crippen LogP) is 14.2. The third-order valence-electron chi connectivity index (χ3n) is 10.0. The summed E-state index contributed by atoms with van der Waals surface area (Å²) >= 11 is 0. The quantitative estimate of drug-likeness (QED) is 0.156. The van der Waals surface area contributed by atoms with Gasteiger partial charge in [-0.3, -0.25) is 0 Å². The van der Waals surface area contributed by atoms with Crippen LogP contribution in [-0.2, 0) is 60.3 Å². The van der Waals surface area contributed by atoms with E-state index in [0.29, 0.717) is 0 Å². The van der Waals surface area contributed by atoms with Crippen molar-refractivity contribution in [3.8, 4) is 67.2 Å². The summed E-state index contributed by atoms with van der Waals surface area (Å²) in [6.07, 6.45) is 3.91. The van der Waals surface area contributed by atoms with Gasteiger partial charge in [-0.25, -0.2) is 0 Å². The van der Waals surface area contributed by atoms with Gasteiger partial charge in [0.1, 0.15) is 0 Å². The number of pyridine rings is 3. The van der Waals surface area contributed by atoms with E-state index in [1.54, 1.807) is 0 Å². The third kappa shape index (κ3) is 13.1. The smallest absolute Gasteiger partial charge is 0.0344 e. The van der Waals surface area contributed by atoms with Crippen molar-refractivity contribution in [2.45, 2.75) is 34.6 Å². The van der Waals surface area contributed by atoms with Crippen LogP contribution in [0.1, 0.15) is 27.9 Å². The summed E-state index contributed by atoms with van der Waals surface area (Å²) in [4.78, 5) is 13.9. The number of hydrogen-bond acceptors (Lipinski definition) is 3. The normalized spacial score (nSPS) is 9.95. The van der Waals surface area contributed by atoms with Gasteiger partial charge in [-0.05, 0) is 72.6 Å². The van der Waals surface area contributed by atoms with Gasteiger partial charge in [0.2, 0.25) is 0 Å². The van der Waals surface area contributed by atoms with Crippen molar-refractivity contribution >= 4 is 0 Å². The van der Waals surface area contributed by atoms with Gasteiger partial charge in [-0.15, -0.1) is 107 Å². The van der Waals surface area contributed by atoms with Crippen molar-refractivity contribution in [1.29, 1.82) is 0 Å². The molecule has 9 aromatic rings. The summed E-state index contributed by atoms with van der Waals surface area (Å²) in [5.41, 5.74) is 19.2. The van der Waals surface area contributed by atoms with E-state index < -0.39 is 0 Å². The minimum absolute atomic E-state index is 0. The first-order valence-corrected chi connectivity index (χ1v) is 19.8. The zero-order valence-electron chi connectivity index (χ0n) is 35.2. The Morgan fingerprint density at radius 1 is 0.355 bits per heavy atom. The standard InChI is InChI=1S/C20H18N.2C18H14N.3Ir/c1-14-6-4-8-17(10-14)19-13-21-20(12-16(19)3)18-9-5-7-15(2)11-18;1-14-12-18(16-10-6-3-7-11-16)19-13-17(14)15-8-4-2-5-9-15;1-14-17(15-8-4-2-5-9-15)12-13-18(19-14)16-10-6-3-7-11-16;;;/h4-8,10-13H,1-3H3;2*2-10,12-13H,1H3;;;/q3*-1;;;. The predicted molar refractivity (Wildman–Crippen MR) is 246 cm³/mol. The number of rotatable bonds is 6. The second kappa shape index (κ2) is 24.4. The maximum Gasteiger partial charge on any atom is 0.0344 e. The van der Waals surface area contributed by atoms with Gasteiger partial charge in [-0.2, -0.15) is 0 Å². The van der Waals surface area contributed by atoms with Crippen molar-refractivity contribution in [2.24, 2.45) is 0 Å². The van der Waals surface area contributed by atoms with Crippen LogP contribution in [0.3, 0.4) is 0 Å². The van der Waals surface area contributed by atoms with Crippen molar-refractivity contribution in [2.75, 3.05) is 0 Å². The van der Waals surface area contributed by atoms with Crippen LogP contribution in [0.2, 0.25) is 0 Å². The molecular formula is C56H46Ir3N3-3. The summed E-state index contributed by atoms with van der Waals surface area (Å²) in [6, 6.07) is 69.3. The SMILES string of the molecule is Cc1cc(-c2[c-]cccc2)ncc1-c1ccccc1.Cc1cc[c-]c(-c2cc(C)c(-c3cccc(C)c3)cn2)c1.Cc1nc(-c2[c-]cccc2)ccc1-c1ccccc1.[Ir].[Ir].[Ir]. The van der Waals surface area contributed by atoms with Crippen LogP contribution in [0.25, 0.3) is 67.2 Å². The molecule has 0 saturated heterocycles. The van der Waals surface area contributed by atoms with E-state index >= 15 is 0 Å². The monoisotopic (exact) mass is 1340 g/mol. The molecule has 9 rings (SSSR count). The molecule has 0 aliphatic heterocycles. The van der Waals surface area contributed by atoms with Gasteiger partial charge in [0, 0.05) is 95.1 Å². The largest absolute Gasteiger partial charge is 0.304 e. The summed E-state index contributed by atoms with van der Waals surface area (Å²) < 4.78 is 0. The summed E-state index contributed by atoms with van der Waals surface area (Å²) in [6.45, 7) is 10.5. The van der Waals surface area contributed by atoms with Gasteiger partial charge >= 0.3 is 0 Å². The molecule has 0 unspecified atom stereocenters. The third-order valence-corrected chi connectivity index (χ3v) is 10.0. The minimum atomic E-state index is 0. The molecule has 0 aliphatic rings. The van der Waals surface area contributed by atoms with Gasteiger partial charge < -0.3 is 15.0 Å². The average Bonchev–Trinajstić information content (AvgIpc) is 3.28. The Morgan fingerprint density at radius 3 is 1.35 bits per heavy atom. The Labute approximate surface area is 408 Å². The van der Waals surface area contributed by atoms with Crippen LogP contribution in [0, 0.1) is 52.8 Å². The molecule has 6 heteroatoms. The van der Waals surface area contributed by atoms with E-state index in [-0.39, 0.29) is 60.3 Å². The molecule has 3 aromatic heterocycles. The Kier molecular flexibility index (Phi) is 19.4. The summed E-state index contributed by atoms with van der Waals surface area (Å²) in [7, 11) is 0. The molecule has 3 heterocycles. The molecule has 0 aliphatic carbocycles. The first-order chi connectivity index (χ1) is 28.8. The Balaban J connectivity index is 0.000000200. The first kappa shape index (κ1) is 49.4. The second-order valence-electron chi connectivity index (χ2n) is 14.5. The summed E-state index contributed by atoms with van der Waals surface area (Å²) in [5.74, 6) is 0. The molecule has 3 nitrogen and oxygen atoms in total. The van der Waals surface area contributed by atoms with E-state index in [9.17, 15) is 0 Å². The van der Waals surface area contributed by atoms with Crippen molar-refractivity contribution < 1.29 is 60.3 Å². The van der Waals surface area contributed by atoms with Crippen LogP contribution >= 0.6 is 0 Å². The van der Waals surface area contributed by atoms with Gasteiger partial charge in [0.15, 0.2) is 0 Å². The number of nitrogens with zero attached hydrogens (tertiary/aromatic N) is 3. The van der Waals surface area contributed by atoms with Crippen LogP contribution in [0.5, 0.6) is 0 Å². The molecule has 0 saturated carbocycles. The van der Waals surface area contributed by atoms with Gasteiger partial charge in [0.05, 0.1) is 0 Å². The number of benzene rings is 6. The average molecular weight is 1340 g/mol. The summed E-state index contributed by atoms with van der Waals surface area (Å²) in [5, 5.41) is 0. The molecule has 0 atom stereocenters. The van der Waals surface area contributed by atoms with Gasteiger partial charge in [0.25, 0.3) is 0 Å². The molecule has 315 valence electrons. The Hall–Kier alpha value is -5.28. The fourth-order valence-corrected chi connectivity index (χ4v) is 6.91. The van der Waals surface area contributed by atoms with Crippen LogP contribution in [0.15, 0.2) is 188 Å². The van der Waals surface area contributed by atoms with Crippen LogP contribution < -0.4 is 0 Å². The van der Waals surface area contributed by atoms with Crippen LogP contribution in [-0.4, -0.2) is 15.0 Å². The first-order valence-electron chi connectivity index (χ1n) is 19.8. The molecule has 0 bridgehead atoms. The van der Waals surface area contributed by atoms with E-state index in [4.69, 9.17) is 0 Å².